The zero-order valence-corrected chi connectivity index (χ0v) is 14.2. The number of hydrogen-bond donors (Lipinski definition) is 1. The number of phenolic OH excluding ortho intramolecular Hbond substituents is 1. The SMILES string of the molecule is CCN(Cc1ccccc1)c1ccc(C(=O)c2ccccc2)c(O)c1. The van der Waals surface area contributed by atoms with Crippen LogP contribution in [0.5, 0.6) is 5.75 Å². The smallest absolute Gasteiger partial charge is 0.196 e. The lowest BCUT2D eigenvalue weighted by molar-refractivity contribution is 0.103. The third-order valence-electron chi connectivity index (χ3n) is 4.23. The third-order valence-corrected chi connectivity index (χ3v) is 4.23. The fourth-order valence-corrected chi connectivity index (χ4v) is 2.84. The van der Waals surface area contributed by atoms with E-state index in [0.29, 0.717) is 11.1 Å². The summed E-state index contributed by atoms with van der Waals surface area (Å²) in [5, 5.41) is 10.4. The molecule has 1 N–H and O–H groups in total. The van der Waals surface area contributed by atoms with Crippen molar-refractivity contribution in [1.82, 2.24) is 0 Å². The van der Waals surface area contributed by atoms with Crippen molar-refractivity contribution in [3.05, 3.63) is 95.6 Å². The summed E-state index contributed by atoms with van der Waals surface area (Å²) in [4.78, 5) is 14.7. The molecule has 3 aromatic carbocycles. The van der Waals surface area contributed by atoms with E-state index in [0.717, 1.165) is 18.8 Å². The standard InChI is InChI=1S/C22H21NO2/c1-2-23(16-17-9-5-3-6-10-17)19-13-14-20(21(24)15-19)22(25)18-11-7-4-8-12-18/h3-15,24H,2,16H2,1H3. The van der Waals surface area contributed by atoms with Gasteiger partial charge in [-0.25, -0.2) is 0 Å². The molecule has 0 heterocycles. The highest BCUT2D eigenvalue weighted by Gasteiger charge is 2.15. The molecule has 0 aliphatic carbocycles. The van der Waals surface area contributed by atoms with Crippen LogP contribution in [0.1, 0.15) is 28.4 Å². The van der Waals surface area contributed by atoms with Gasteiger partial charge in [-0.1, -0.05) is 60.7 Å². The number of nitrogens with zero attached hydrogens (tertiary/aromatic N) is 1. The van der Waals surface area contributed by atoms with Crippen molar-refractivity contribution in [3.63, 3.8) is 0 Å². The Hall–Kier alpha value is -3.07. The van der Waals surface area contributed by atoms with E-state index in [-0.39, 0.29) is 11.5 Å². The Morgan fingerprint density at radius 2 is 1.56 bits per heavy atom. The molecule has 0 bridgehead atoms. The Bertz CT molecular complexity index is 844. The molecule has 0 radical (unpaired) electrons. The highest BCUT2D eigenvalue weighted by molar-refractivity contribution is 6.10. The van der Waals surface area contributed by atoms with Crippen molar-refractivity contribution in [3.8, 4) is 5.75 Å². The second-order valence-electron chi connectivity index (χ2n) is 5.90. The van der Waals surface area contributed by atoms with E-state index >= 15 is 0 Å². The van der Waals surface area contributed by atoms with Gasteiger partial charge in [-0.3, -0.25) is 4.79 Å². The van der Waals surface area contributed by atoms with Gasteiger partial charge in [0, 0.05) is 30.4 Å². The maximum absolute atomic E-state index is 12.5. The summed E-state index contributed by atoms with van der Waals surface area (Å²) in [6.45, 7) is 3.63. The van der Waals surface area contributed by atoms with Crippen LogP contribution in [-0.2, 0) is 6.54 Å². The molecule has 3 aromatic rings. The van der Waals surface area contributed by atoms with E-state index in [1.165, 1.54) is 5.56 Å². The van der Waals surface area contributed by atoms with Gasteiger partial charge >= 0.3 is 0 Å². The minimum Gasteiger partial charge on any atom is -0.507 e. The molecule has 0 atom stereocenters. The first kappa shape index (κ1) is 16.8. The van der Waals surface area contributed by atoms with Crippen molar-refractivity contribution < 1.29 is 9.90 Å². The molecule has 0 saturated carbocycles. The Morgan fingerprint density at radius 3 is 2.16 bits per heavy atom. The second-order valence-corrected chi connectivity index (χ2v) is 5.90. The molecule has 0 spiro atoms. The van der Waals surface area contributed by atoms with Gasteiger partial charge in [0.25, 0.3) is 0 Å². The van der Waals surface area contributed by atoms with Crippen LogP contribution in [-0.4, -0.2) is 17.4 Å². The van der Waals surface area contributed by atoms with Crippen LogP contribution < -0.4 is 4.90 Å². The Morgan fingerprint density at radius 1 is 0.920 bits per heavy atom. The average molecular weight is 331 g/mol. The third kappa shape index (κ3) is 3.89. The van der Waals surface area contributed by atoms with Crippen LogP contribution in [0.25, 0.3) is 0 Å². The Labute approximate surface area is 148 Å². The van der Waals surface area contributed by atoms with Gasteiger partial charge in [0.15, 0.2) is 5.78 Å². The molecule has 25 heavy (non-hydrogen) atoms. The van der Waals surface area contributed by atoms with Crippen LogP contribution in [0.3, 0.4) is 0 Å². The van der Waals surface area contributed by atoms with Crippen LogP contribution in [0.2, 0.25) is 0 Å². The molecular formula is C22H21NO2. The van der Waals surface area contributed by atoms with E-state index in [9.17, 15) is 9.90 Å². The van der Waals surface area contributed by atoms with Crippen LogP contribution in [0, 0.1) is 0 Å². The fourth-order valence-electron chi connectivity index (χ4n) is 2.84. The van der Waals surface area contributed by atoms with E-state index in [1.807, 2.05) is 42.5 Å². The molecule has 0 fully saturated rings. The normalized spacial score (nSPS) is 10.4. The predicted octanol–water partition coefficient (Wildman–Crippen LogP) is 4.65. The first-order valence-corrected chi connectivity index (χ1v) is 8.40. The molecule has 3 rings (SSSR count). The van der Waals surface area contributed by atoms with Crippen LogP contribution in [0.15, 0.2) is 78.9 Å². The molecule has 0 aliphatic rings. The Balaban J connectivity index is 1.84. The van der Waals surface area contributed by atoms with E-state index in [1.54, 1.807) is 24.3 Å². The van der Waals surface area contributed by atoms with Crippen LogP contribution >= 0.6 is 0 Å². The largest absolute Gasteiger partial charge is 0.507 e. The summed E-state index contributed by atoms with van der Waals surface area (Å²) in [5.41, 5.74) is 3.00. The van der Waals surface area contributed by atoms with Gasteiger partial charge in [-0.05, 0) is 24.6 Å². The number of hydrogen-bond acceptors (Lipinski definition) is 3. The zero-order valence-electron chi connectivity index (χ0n) is 14.2. The summed E-state index contributed by atoms with van der Waals surface area (Å²) >= 11 is 0. The van der Waals surface area contributed by atoms with Gasteiger partial charge in [0.1, 0.15) is 5.75 Å². The maximum Gasteiger partial charge on any atom is 0.196 e. The van der Waals surface area contributed by atoms with Gasteiger partial charge < -0.3 is 10.0 Å². The molecular weight excluding hydrogens is 310 g/mol. The molecule has 0 amide bonds. The van der Waals surface area contributed by atoms with E-state index in [2.05, 4.69) is 24.0 Å². The second kappa shape index (κ2) is 7.67. The minimum atomic E-state index is -0.171. The first-order valence-electron chi connectivity index (χ1n) is 8.40. The van der Waals surface area contributed by atoms with Crippen molar-refractivity contribution in [1.29, 1.82) is 0 Å². The maximum atomic E-state index is 12.5. The number of benzene rings is 3. The summed E-state index contributed by atoms with van der Waals surface area (Å²) in [6.07, 6.45) is 0. The lowest BCUT2D eigenvalue weighted by atomic mass is 10.0. The highest BCUT2D eigenvalue weighted by atomic mass is 16.3. The van der Waals surface area contributed by atoms with Gasteiger partial charge in [0.2, 0.25) is 0 Å². The molecule has 0 saturated heterocycles. The van der Waals surface area contributed by atoms with Gasteiger partial charge in [0.05, 0.1) is 5.56 Å². The number of carbonyl (C=O) groups excluding carboxylic acids is 1. The highest BCUT2D eigenvalue weighted by Crippen LogP contribution is 2.27. The lowest BCUT2D eigenvalue weighted by Crippen LogP contribution is -2.22. The summed E-state index contributed by atoms with van der Waals surface area (Å²) in [5.74, 6) is -0.159. The summed E-state index contributed by atoms with van der Waals surface area (Å²) in [7, 11) is 0. The zero-order chi connectivity index (χ0) is 17.6. The summed E-state index contributed by atoms with van der Waals surface area (Å²) < 4.78 is 0. The average Bonchev–Trinajstić information content (AvgIpc) is 2.67. The van der Waals surface area contributed by atoms with Crippen LogP contribution in [0.4, 0.5) is 5.69 Å². The molecule has 0 aliphatic heterocycles. The number of anilines is 1. The number of aromatic hydroxyl groups is 1. The molecule has 3 nitrogen and oxygen atoms in total. The monoisotopic (exact) mass is 331 g/mol. The number of phenols is 1. The number of rotatable bonds is 6. The fraction of sp³-hybridized carbons (Fsp3) is 0.136. The molecule has 0 aromatic heterocycles. The molecule has 126 valence electrons. The van der Waals surface area contributed by atoms with Crippen molar-refractivity contribution in [2.24, 2.45) is 0 Å². The lowest BCUT2D eigenvalue weighted by Gasteiger charge is -2.24. The first-order chi connectivity index (χ1) is 12.2. The van der Waals surface area contributed by atoms with E-state index < -0.39 is 0 Å². The van der Waals surface area contributed by atoms with Gasteiger partial charge in [-0.2, -0.15) is 0 Å². The van der Waals surface area contributed by atoms with Crippen molar-refractivity contribution >= 4 is 11.5 Å². The number of carbonyl (C=O) groups is 1. The minimum absolute atomic E-state index is 0.0119. The van der Waals surface area contributed by atoms with E-state index in [4.69, 9.17) is 0 Å². The van der Waals surface area contributed by atoms with Crippen molar-refractivity contribution in [2.45, 2.75) is 13.5 Å². The topological polar surface area (TPSA) is 40.5 Å². The number of ketones is 1. The molecule has 3 heteroatoms. The summed E-state index contributed by atoms with van der Waals surface area (Å²) in [6, 6.07) is 24.5. The Kier molecular flexibility index (Phi) is 5.14. The quantitative estimate of drug-likeness (QED) is 0.668. The van der Waals surface area contributed by atoms with Gasteiger partial charge in [-0.15, -0.1) is 0 Å². The predicted molar refractivity (Wildman–Crippen MR) is 101 cm³/mol. The van der Waals surface area contributed by atoms with Crippen molar-refractivity contribution in [2.75, 3.05) is 11.4 Å². The molecule has 0 unspecified atom stereocenters.